The van der Waals surface area contributed by atoms with Gasteiger partial charge in [-0.1, -0.05) is 5.16 Å². The lowest BCUT2D eigenvalue weighted by Gasteiger charge is -2.19. The molecule has 1 amide bonds. The van der Waals surface area contributed by atoms with Crippen molar-refractivity contribution in [2.75, 3.05) is 11.9 Å². The summed E-state index contributed by atoms with van der Waals surface area (Å²) in [5.74, 6) is 0.310. The summed E-state index contributed by atoms with van der Waals surface area (Å²) in [6.45, 7) is 6.19. The summed E-state index contributed by atoms with van der Waals surface area (Å²) >= 11 is 0. The number of benzene rings is 1. The number of fused-ring (bicyclic) bond motifs is 2. The van der Waals surface area contributed by atoms with E-state index < -0.39 is 0 Å². The van der Waals surface area contributed by atoms with Gasteiger partial charge >= 0.3 is 0 Å². The lowest BCUT2D eigenvalue weighted by molar-refractivity contribution is 0.102. The van der Waals surface area contributed by atoms with Gasteiger partial charge in [0.05, 0.1) is 11.2 Å². The van der Waals surface area contributed by atoms with Crippen LogP contribution in [0.15, 0.2) is 41.1 Å². The van der Waals surface area contributed by atoms with E-state index in [9.17, 15) is 4.79 Å². The lowest BCUT2D eigenvalue weighted by atomic mass is 10.1. The van der Waals surface area contributed by atoms with Gasteiger partial charge in [-0.25, -0.2) is 4.98 Å². The maximum atomic E-state index is 12.7. The van der Waals surface area contributed by atoms with Crippen molar-refractivity contribution in [1.82, 2.24) is 20.0 Å². The Morgan fingerprint density at radius 2 is 2.24 bits per heavy atom. The molecule has 4 aromatic rings. The van der Waals surface area contributed by atoms with E-state index in [4.69, 9.17) is 4.52 Å². The van der Waals surface area contributed by atoms with E-state index in [0.717, 1.165) is 35.1 Å². The van der Waals surface area contributed by atoms with Gasteiger partial charge in [0.2, 0.25) is 0 Å². The molecule has 4 heterocycles. The van der Waals surface area contributed by atoms with Gasteiger partial charge in [0.15, 0.2) is 5.58 Å². The molecule has 0 saturated carbocycles. The van der Waals surface area contributed by atoms with Gasteiger partial charge in [0, 0.05) is 46.9 Å². The van der Waals surface area contributed by atoms with Crippen molar-refractivity contribution >= 4 is 33.6 Å². The topological polar surface area (TPSA) is 87.0 Å². The van der Waals surface area contributed by atoms with Crippen LogP contribution in [-0.2, 0) is 6.54 Å². The van der Waals surface area contributed by atoms with Crippen molar-refractivity contribution in [2.45, 2.75) is 39.3 Å². The Labute approximate surface area is 168 Å². The van der Waals surface area contributed by atoms with Crippen LogP contribution in [-0.4, -0.2) is 38.5 Å². The van der Waals surface area contributed by atoms with Crippen molar-refractivity contribution in [2.24, 2.45) is 0 Å². The standard InChI is InChI=1S/C22H23N5O2/c1-13-4-3-7-27(13)12-17-8-16-11-23-21(10-19(16)24-17)25-22(28)15-5-6-20-18(9-15)14(2)26-29-20/h5-6,8-11,13,24H,3-4,7,12H2,1-2H3,(H,23,25,28). The van der Waals surface area contributed by atoms with Gasteiger partial charge in [-0.2, -0.15) is 0 Å². The summed E-state index contributed by atoms with van der Waals surface area (Å²) in [5.41, 5.74) is 4.13. The van der Waals surface area contributed by atoms with E-state index in [1.807, 2.05) is 13.0 Å². The van der Waals surface area contributed by atoms with E-state index in [2.05, 4.69) is 38.3 Å². The number of hydrogen-bond donors (Lipinski definition) is 2. The second-order valence-corrected chi connectivity index (χ2v) is 7.85. The Morgan fingerprint density at radius 3 is 3.07 bits per heavy atom. The number of carbonyl (C=O) groups is 1. The molecule has 0 bridgehead atoms. The Morgan fingerprint density at radius 1 is 1.34 bits per heavy atom. The fourth-order valence-electron chi connectivity index (χ4n) is 4.07. The van der Waals surface area contributed by atoms with Crippen LogP contribution in [0.4, 0.5) is 5.82 Å². The minimum absolute atomic E-state index is 0.211. The molecule has 1 saturated heterocycles. The SMILES string of the molecule is Cc1noc2ccc(C(=O)Nc3cc4[nH]c(CN5CCCC5C)cc4cn3)cc12. The number of hydrogen-bond acceptors (Lipinski definition) is 5. The first kappa shape index (κ1) is 17.9. The zero-order valence-corrected chi connectivity index (χ0v) is 16.5. The van der Waals surface area contributed by atoms with E-state index in [-0.39, 0.29) is 5.91 Å². The molecule has 7 nitrogen and oxygen atoms in total. The fraction of sp³-hybridized carbons (Fsp3) is 0.318. The Bertz CT molecular complexity index is 1210. The molecule has 1 aliphatic heterocycles. The molecule has 5 rings (SSSR count). The number of nitrogens with zero attached hydrogens (tertiary/aromatic N) is 3. The highest BCUT2D eigenvalue weighted by Crippen LogP contribution is 2.24. The monoisotopic (exact) mass is 389 g/mol. The molecule has 1 aromatic carbocycles. The first-order valence-electron chi connectivity index (χ1n) is 9.96. The van der Waals surface area contributed by atoms with Crippen LogP contribution in [0.3, 0.4) is 0 Å². The molecule has 0 aliphatic carbocycles. The highest BCUT2D eigenvalue weighted by molar-refractivity contribution is 6.06. The minimum Gasteiger partial charge on any atom is -0.357 e. The highest BCUT2D eigenvalue weighted by Gasteiger charge is 2.20. The molecule has 0 spiro atoms. The normalized spacial score (nSPS) is 17.4. The molecule has 3 aromatic heterocycles. The molecule has 148 valence electrons. The molecule has 29 heavy (non-hydrogen) atoms. The van der Waals surface area contributed by atoms with Crippen molar-refractivity contribution in [3.63, 3.8) is 0 Å². The third-order valence-corrected chi connectivity index (χ3v) is 5.78. The van der Waals surface area contributed by atoms with E-state index in [1.165, 1.54) is 18.5 Å². The lowest BCUT2D eigenvalue weighted by Crippen LogP contribution is -2.26. The van der Waals surface area contributed by atoms with Crippen LogP contribution in [0, 0.1) is 6.92 Å². The van der Waals surface area contributed by atoms with Crippen LogP contribution < -0.4 is 5.32 Å². The largest absolute Gasteiger partial charge is 0.357 e. The number of aromatic nitrogens is 3. The Balaban J connectivity index is 1.35. The number of rotatable bonds is 4. The van der Waals surface area contributed by atoms with E-state index in [1.54, 1.807) is 24.4 Å². The summed E-state index contributed by atoms with van der Waals surface area (Å²) in [6, 6.07) is 9.93. The summed E-state index contributed by atoms with van der Waals surface area (Å²) in [6.07, 6.45) is 4.32. The second kappa shape index (κ2) is 7.00. The molecular formula is C22H23N5O2. The summed E-state index contributed by atoms with van der Waals surface area (Å²) in [5, 5.41) is 8.70. The number of aromatic amines is 1. The zero-order chi connectivity index (χ0) is 20.0. The number of H-pyrrole nitrogens is 1. The second-order valence-electron chi connectivity index (χ2n) is 7.85. The average molecular weight is 389 g/mol. The minimum atomic E-state index is -0.211. The van der Waals surface area contributed by atoms with Crippen LogP contribution >= 0.6 is 0 Å². The number of likely N-dealkylation sites (tertiary alicyclic amines) is 1. The zero-order valence-electron chi connectivity index (χ0n) is 16.5. The first-order valence-corrected chi connectivity index (χ1v) is 9.96. The summed E-state index contributed by atoms with van der Waals surface area (Å²) in [4.78, 5) is 23.0. The Hall–Kier alpha value is -3.19. The summed E-state index contributed by atoms with van der Waals surface area (Å²) < 4.78 is 5.20. The molecule has 1 unspecified atom stereocenters. The molecule has 2 N–H and O–H groups in total. The maximum Gasteiger partial charge on any atom is 0.256 e. The third kappa shape index (κ3) is 3.38. The number of carbonyl (C=O) groups excluding carboxylic acids is 1. The van der Waals surface area contributed by atoms with Crippen LogP contribution in [0.2, 0.25) is 0 Å². The van der Waals surface area contributed by atoms with Crippen molar-refractivity contribution in [3.8, 4) is 0 Å². The predicted molar refractivity (Wildman–Crippen MR) is 112 cm³/mol. The van der Waals surface area contributed by atoms with E-state index >= 15 is 0 Å². The van der Waals surface area contributed by atoms with E-state index in [0.29, 0.717) is 23.0 Å². The molecule has 0 radical (unpaired) electrons. The third-order valence-electron chi connectivity index (χ3n) is 5.78. The van der Waals surface area contributed by atoms with Crippen LogP contribution in [0.25, 0.3) is 21.9 Å². The van der Waals surface area contributed by atoms with Crippen molar-refractivity contribution in [1.29, 1.82) is 0 Å². The van der Waals surface area contributed by atoms with Gasteiger partial charge < -0.3 is 14.8 Å². The average Bonchev–Trinajstić information content (AvgIpc) is 3.41. The molecule has 7 heteroatoms. The number of anilines is 1. The predicted octanol–water partition coefficient (Wildman–Crippen LogP) is 4.25. The van der Waals surface area contributed by atoms with Crippen molar-refractivity contribution < 1.29 is 9.32 Å². The quantitative estimate of drug-likeness (QED) is 0.545. The van der Waals surface area contributed by atoms with Gasteiger partial charge in [-0.3, -0.25) is 9.69 Å². The van der Waals surface area contributed by atoms with Crippen LogP contribution in [0.1, 0.15) is 41.5 Å². The highest BCUT2D eigenvalue weighted by atomic mass is 16.5. The molecular weight excluding hydrogens is 366 g/mol. The molecule has 1 aliphatic rings. The number of aryl methyl sites for hydroxylation is 1. The smallest absolute Gasteiger partial charge is 0.256 e. The summed E-state index contributed by atoms with van der Waals surface area (Å²) in [7, 11) is 0. The van der Waals surface area contributed by atoms with Gasteiger partial charge in [-0.15, -0.1) is 0 Å². The Kier molecular flexibility index (Phi) is 4.32. The fourth-order valence-corrected chi connectivity index (χ4v) is 4.07. The number of nitrogens with one attached hydrogen (secondary N) is 2. The first-order chi connectivity index (χ1) is 14.1. The number of pyridine rings is 1. The maximum absolute atomic E-state index is 12.7. The molecule has 1 fully saturated rings. The number of amides is 1. The van der Waals surface area contributed by atoms with Gasteiger partial charge in [-0.05, 0) is 57.5 Å². The van der Waals surface area contributed by atoms with Crippen LogP contribution in [0.5, 0.6) is 0 Å². The van der Waals surface area contributed by atoms with Gasteiger partial charge in [0.1, 0.15) is 5.82 Å². The molecule has 1 atom stereocenters. The van der Waals surface area contributed by atoms with Crippen molar-refractivity contribution in [3.05, 3.63) is 53.5 Å². The van der Waals surface area contributed by atoms with Gasteiger partial charge in [0.25, 0.3) is 5.91 Å².